The number of carbonyl (C=O) groups excluding carboxylic acids is 1. The smallest absolute Gasteiger partial charge is 0.313 e. The molecule has 1 heterocycles. The van der Waals surface area contributed by atoms with Gasteiger partial charge in [-0.25, -0.2) is 14.4 Å². The van der Waals surface area contributed by atoms with E-state index in [1.165, 1.54) is 19.4 Å². The Morgan fingerprint density at radius 3 is 2.83 bits per heavy atom. The number of aromatic nitrogens is 2. The van der Waals surface area contributed by atoms with Gasteiger partial charge >= 0.3 is 5.97 Å². The highest BCUT2D eigenvalue weighted by molar-refractivity contribution is 5.71. The Balaban J connectivity index is 2.33. The van der Waals surface area contributed by atoms with Crippen molar-refractivity contribution < 1.29 is 13.9 Å². The van der Waals surface area contributed by atoms with Gasteiger partial charge in [-0.05, 0) is 18.2 Å². The Hall–Kier alpha value is -2.30. The second-order valence-electron chi connectivity index (χ2n) is 3.59. The van der Waals surface area contributed by atoms with E-state index in [4.69, 9.17) is 0 Å². The van der Waals surface area contributed by atoms with Crippen LogP contribution in [0.3, 0.4) is 0 Å². The fourth-order valence-corrected chi connectivity index (χ4v) is 1.50. The maximum atomic E-state index is 13.6. The second-order valence-corrected chi connectivity index (χ2v) is 3.59. The highest BCUT2D eigenvalue weighted by atomic mass is 19.1. The zero-order chi connectivity index (χ0) is 13.0. The van der Waals surface area contributed by atoms with E-state index >= 15 is 0 Å². The third-order valence-corrected chi connectivity index (χ3v) is 2.39. The van der Waals surface area contributed by atoms with E-state index in [1.807, 2.05) is 0 Å². The van der Waals surface area contributed by atoms with Crippen molar-refractivity contribution in [2.45, 2.75) is 6.42 Å². The molecule has 1 aromatic heterocycles. The molecule has 0 amide bonds. The molecule has 0 atom stereocenters. The maximum Gasteiger partial charge on any atom is 0.313 e. The SMILES string of the molecule is COC(=O)Cc1nccc(-c2ccccc2F)n1. The fourth-order valence-electron chi connectivity index (χ4n) is 1.50. The monoisotopic (exact) mass is 246 g/mol. The topological polar surface area (TPSA) is 52.1 Å². The first-order chi connectivity index (χ1) is 8.70. The zero-order valence-electron chi connectivity index (χ0n) is 9.76. The van der Waals surface area contributed by atoms with Crippen LogP contribution in [-0.2, 0) is 16.0 Å². The number of esters is 1. The lowest BCUT2D eigenvalue weighted by Crippen LogP contribution is -2.08. The molecule has 0 spiro atoms. The van der Waals surface area contributed by atoms with Gasteiger partial charge in [0, 0.05) is 11.8 Å². The number of hydrogen-bond donors (Lipinski definition) is 0. The van der Waals surface area contributed by atoms with Crippen molar-refractivity contribution in [1.29, 1.82) is 0 Å². The molecule has 0 saturated heterocycles. The molecule has 0 aliphatic heterocycles. The van der Waals surface area contributed by atoms with E-state index in [1.54, 1.807) is 24.3 Å². The summed E-state index contributed by atoms with van der Waals surface area (Å²) in [4.78, 5) is 19.2. The Morgan fingerprint density at radius 2 is 2.11 bits per heavy atom. The minimum Gasteiger partial charge on any atom is -0.469 e. The molecule has 5 heteroatoms. The summed E-state index contributed by atoms with van der Waals surface area (Å²) in [5, 5.41) is 0. The molecule has 0 saturated carbocycles. The molecule has 18 heavy (non-hydrogen) atoms. The molecule has 4 nitrogen and oxygen atoms in total. The fraction of sp³-hybridized carbons (Fsp3) is 0.154. The standard InChI is InChI=1S/C13H11FN2O2/c1-18-13(17)8-12-15-7-6-11(16-12)9-4-2-3-5-10(9)14/h2-7H,8H2,1H3. The largest absolute Gasteiger partial charge is 0.469 e. The predicted octanol–water partition coefficient (Wildman–Crippen LogP) is 2.00. The van der Waals surface area contributed by atoms with Crippen LogP contribution >= 0.6 is 0 Å². The Labute approximate surface area is 103 Å². The number of rotatable bonds is 3. The van der Waals surface area contributed by atoms with E-state index in [9.17, 15) is 9.18 Å². The highest BCUT2D eigenvalue weighted by Gasteiger charge is 2.09. The first-order valence-corrected chi connectivity index (χ1v) is 5.34. The third-order valence-electron chi connectivity index (χ3n) is 2.39. The van der Waals surface area contributed by atoms with Gasteiger partial charge in [0.15, 0.2) is 0 Å². The van der Waals surface area contributed by atoms with Gasteiger partial charge in [-0.2, -0.15) is 0 Å². The van der Waals surface area contributed by atoms with Crippen molar-refractivity contribution in [2.24, 2.45) is 0 Å². The average Bonchev–Trinajstić information content (AvgIpc) is 2.39. The first kappa shape index (κ1) is 12.2. The van der Waals surface area contributed by atoms with E-state index in [0.29, 0.717) is 17.1 Å². The van der Waals surface area contributed by atoms with Crippen LogP contribution in [0, 0.1) is 5.82 Å². The van der Waals surface area contributed by atoms with Crippen molar-refractivity contribution >= 4 is 5.97 Å². The third kappa shape index (κ3) is 2.68. The van der Waals surface area contributed by atoms with Gasteiger partial charge in [0.2, 0.25) is 0 Å². The molecule has 2 rings (SSSR count). The predicted molar refractivity (Wildman–Crippen MR) is 63.1 cm³/mol. The molecule has 0 N–H and O–H groups in total. The van der Waals surface area contributed by atoms with Gasteiger partial charge < -0.3 is 4.74 Å². The van der Waals surface area contributed by atoms with Crippen LogP contribution < -0.4 is 0 Å². The molecular weight excluding hydrogens is 235 g/mol. The molecular formula is C13H11FN2O2. The highest BCUT2D eigenvalue weighted by Crippen LogP contribution is 2.19. The minimum atomic E-state index is -0.430. The van der Waals surface area contributed by atoms with Gasteiger partial charge in [-0.1, -0.05) is 12.1 Å². The number of halogens is 1. The summed E-state index contributed by atoms with van der Waals surface area (Å²) in [6, 6.07) is 7.91. The quantitative estimate of drug-likeness (QED) is 0.777. The van der Waals surface area contributed by atoms with Crippen LogP contribution in [0.15, 0.2) is 36.5 Å². The van der Waals surface area contributed by atoms with Crippen LogP contribution in [-0.4, -0.2) is 23.0 Å². The van der Waals surface area contributed by atoms with Crippen molar-refractivity contribution in [1.82, 2.24) is 9.97 Å². The minimum absolute atomic E-state index is 0.0290. The van der Waals surface area contributed by atoms with Crippen LogP contribution in [0.2, 0.25) is 0 Å². The van der Waals surface area contributed by atoms with Gasteiger partial charge in [-0.3, -0.25) is 4.79 Å². The molecule has 1 aromatic carbocycles. The van der Waals surface area contributed by atoms with Crippen LogP contribution in [0.4, 0.5) is 4.39 Å². The van der Waals surface area contributed by atoms with Gasteiger partial charge in [0.25, 0.3) is 0 Å². The Morgan fingerprint density at radius 1 is 1.33 bits per heavy atom. The summed E-state index contributed by atoms with van der Waals surface area (Å²) >= 11 is 0. The van der Waals surface area contributed by atoms with Crippen molar-refractivity contribution in [3.63, 3.8) is 0 Å². The number of ether oxygens (including phenoxy) is 1. The van der Waals surface area contributed by atoms with E-state index in [2.05, 4.69) is 14.7 Å². The van der Waals surface area contributed by atoms with E-state index in [-0.39, 0.29) is 12.2 Å². The average molecular weight is 246 g/mol. The van der Waals surface area contributed by atoms with Gasteiger partial charge in [0.05, 0.1) is 12.8 Å². The lowest BCUT2D eigenvalue weighted by atomic mass is 10.1. The summed E-state index contributed by atoms with van der Waals surface area (Å²) in [6.07, 6.45) is 1.46. The molecule has 0 bridgehead atoms. The molecule has 92 valence electrons. The maximum absolute atomic E-state index is 13.6. The molecule has 0 radical (unpaired) electrons. The summed E-state index contributed by atoms with van der Waals surface area (Å²) in [6.45, 7) is 0. The number of hydrogen-bond acceptors (Lipinski definition) is 4. The van der Waals surface area contributed by atoms with Crippen LogP contribution in [0.5, 0.6) is 0 Å². The Bertz CT molecular complexity index is 572. The number of carbonyl (C=O) groups is 1. The van der Waals surface area contributed by atoms with Crippen molar-refractivity contribution in [2.75, 3.05) is 7.11 Å². The van der Waals surface area contributed by atoms with Crippen molar-refractivity contribution in [3.05, 3.63) is 48.2 Å². The molecule has 0 aliphatic rings. The Kier molecular flexibility index (Phi) is 3.62. The molecule has 0 unspecified atom stereocenters. The number of nitrogens with zero attached hydrogens (tertiary/aromatic N) is 2. The second kappa shape index (κ2) is 5.35. The molecule has 0 aliphatic carbocycles. The first-order valence-electron chi connectivity index (χ1n) is 5.34. The summed E-state index contributed by atoms with van der Waals surface area (Å²) < 4.78 is 18.1. The lowest BCUT2D eigenvalue weighted by molar-refractivity contribution is -0.139. The zero-order valence-corrected chi connectivity index (χ0v) is 9.76. The normalized spacial score (nSPS) is 10.1. The molecule has 2 aromatic rings. The van der Waals surface area contributed by atoms with Gasteiger partial charge in [-0.15, -0.1) is 0 Å². The summed E-state index contributed by atoms with van der Waals surface area (Å²) in [5.74, 6) is -0.483. The van der Waals surface area contributed by atoms with Crippen LogP contribution in [0.1, 0.15) is 5.82 Å². The number of benzene rings is 1. The van der Waals surface area contributed by atoms with Crippen molar-refractivity contribution in [3.8, 4) is 11.3 Å². The van der Waals surface area contributed by atoms with E-state index < -0.39 is 5.97 Å². The summed E-state index contributed by atoms with van der Waals surface area (Å²) in [5.41, 5.74) is 0.827. The lowest BCUT2D eigenvalue weighted by Gasteiger charge is -2.04. The summed E-state index contributed by atoms with van der Waals surface area (Å²) in [7, 11) is 1.29. The van der Waals surface area contributed by atoms with E-state index in [0.717, 1.165) is 0 Å². The number of methoxy groups -OCH3 is 1. The van der Waals surface area contributed by atoms with Crippen LogP contribution in [0.25, 0.3) is 11.3 Å². The molecule has 0 fully saturated rings. The van der Waals surface area contributed by atoms with Gasteiger partial charge in [0.1, 0.15) is 18.1 Å².